The molecule has 3 N–H and O–H groups in total. The molecule has 1 aliphatic heterocycles. The van der Waals surface area contributed by atoms with Crippen LogP contribution < -0.4 is 15.8 Å². The predicted molar refractivity (Wildman–Crippen MR) is 129 cm³/mol. The first-order valence-electron chi connectivity index (χ1n) is 11.8. The number of alkyl halides is 4. The monoisotopic (exact) mass is 537 g/mol. The number of ether oxygens (including phenoxy) is 1. The Bertz CT molecular complexity index is 1380. The summed E-state index contributed by atoms with van der Waals surface area (Å²) < 4.78 is 64.8. The van der Waals surface area contributed by atoms with Crippen molar-refractivity contribution < 1.29 is 36.3 Å². The summed E-state index contributed by atoms with van der Waals surface area (Å²) >= 11 is 0. The van der Waals surface area contributed by atoms with Crippen LogP contribution in [0.3, 0.4) is 0 Å². The number of aromatic nitrogens is 2. The Kier molecular flexibility index (Phi) is 7.08. The van der Waals surface area contributed by atoms with Crippen LogP contribution in [0, 0.1) is 0 Å². The lowest BCUT2D eigenvalue weighted by atomic mass is 10.1. The standard InChI is InChI=1S/C25H27F4N5O4/c1-12(30)20-19(22(35)34-10-9-13(11-34)31-23(36)24(2,3)26)33-21(38-20)15-5-7-16(37-4)18-14(15)6-8-17(32-18)25(27,28)29/h5-8,12-13H,9-11,30H2,1-4H3,(H,31,36)/t12-,13+/m0/s1. The molecule has 1 aromatic carbocycles. The normalized spacial score (nSPS) is 17.1. The average Bonchev–Trinajstić information content (AvgIpc) is 3.49. The number of nitrogens with one attached hydrogen (secondary N) is 1. The zero-order valence-corrected chi connectivity index (χ0v) is 21.1. The number of carbonyl (C=O) groups is 2. The van der Waals surface area contributed by atoms with Gasteiger partial charge in [0.05, 0.1) is 13.2 Å². The fraction of sp³-hybridized carbons (Fsp3) is 0.440. The maximum absolute atomic E-state index is 13.9. The van der Waals surface area contributed by atoms with Crippen LogP contribution in [0.15, 0.2) is 28.7 Å². The number of carbonyl (C=O) groups excluding carboxylic acids is 2. The van der Waals surface area contributed by atoms with E-state index < -0.39 is 41.4 Å². The smallest absolute Gasteiger partial charge is 0.433 e. The van der Waals surface area contributed by atoms with Crippen molar-refractivity contribution >= 4 is 22.7 Å². The Balaban J connectivity index is 1.69. The van der Waals surface area contributed by atoms with Crippen LogP contribution in [-0.2, 0) is 11.0 Å². The molecule has 0 radical (unpaired) electrons. The van der Waals surface area contributed by atoms with Crippen molar-refractivity contribution in [2.24, 2.45) is 5.73 Å². The lowest BCUT2D eigenvalue weighted by Gasteiger charge is -2.19. The minimum atomic E-state index is -4.66. The minimum Gasteiger partial charge on any atom is -0.494 e. The number of methoxy groups -OCH3 is 1. The number of nitrogens with zero attached hydrogens (tertiary/aromatic N) is 3. The molecule has 204 valence electrons. The van der Waals surface area contributed by atoms with Crippen LogP contribution >= 0.6 is 0 Å². The lowest BCUT2D eigenvalue weighted by Crippen LogP contribution is -2.45. The van der Waals surface area contributed by atoms with Gasteiger partial charge in [-0.05, 0) is 51.5 Å². The summed E-state index contributed by atoms with van der Waals surface area (Å²) in [5.74, 6) is -1.10. The molecule has 0 bridgehead atoms. The Morgan fingerprint density at radius 1 is 1.18 bits per heavy atom. The molecule has 2 aromatic heterocycles. The van der Waals surface area contributed by atoms with Crippen molar-refractivity contribution in [1.29, 1.82) is 0 Å². The van der Waals surface area contributed by atoms with Crippen molar-refractivity contribution in [2.45, 2.75) is 51.1 Å². The quantitative estimate of drug-likeness (QED) is 0.456. The van der Waals surface area contributed by atoms with Gasteiger partial charge in [-0.25, -0.2) is 14.4 Å². The molecule has 9 nitrogen and oxygen atoms in total. The van der Waals surface area contributed by atoms with E-state index in [4.69, 9.17) is 14.9 Å². The number of likely N-dealkylation sites (tertiary alicyclic amines) is 1. The van der Waals surface area contributed by atoms with Gasteiger partial charge in [-0.3, -0.25) is 9.59 Å². The van der Waals surface area contributed by atoms with Crippen LogP contribution in [0.5, 0.6) is 5.75 Å². The van der Waals surface area contributed by atoms with Crippen molar-refractivity contribution in [3.8, 4) is 17.2 Å². The fourth-order valence-electron chi connectivity index (χ4n) is 4.18. The minimum absolute atomic E-state index is 0.0295. The highest BCUT2D eigenvalue weighted by molar-refractivity contribution is 5.98. The van der Waals surface area contributed by atoms with E-state index in [9.17, 15) is 27.2 Å². The average molecular weight is 538 g/mol. The summed E-state index contributed by atoms with van der Waals surface area (Å²) in [6, 6.07) is 3.87. The highest BCUT2D eigenvalue weighted by Gasteiger charge is 2.36. The summed E-state index contributed by atoms with van der Waals surface area (Å²) in [6.07, 6.45) is -4.24. The van der Waals surface area contributed by atoms with Crippen molar-refractivity contribution in [1.82, 2.24) is 20.2 Å². The van der Waals surface area contributed by atoms with Gasteiger partial charge >= 0.3 is 6.18 Å². The molecule has 2 atom stereocenters. The van der Waals surface area contributed by atoms with Gasteiger partial charge in [0.2, 0.25) is 5.89 Å². The van der Waals surface area contributed by atoms with E-state index in [2.05, 4.69) is 15.3 Å². The first kappa shape index (κ1) is 27.3. The molecular formula is C25H27F4N5O4. The number of halogens is 4. The molecular weight excluding hydrogens is 510 g/mol. The number of benzene rings is 1. The number of hydrogen-bond donors (Lipinski definition) is 2. The molecule has 3 heterocycles. The third kappa shape index (κ3) is 5.28. The Morgan fingerprint density at radius 2 is 1.89 bits per heavy atom. The molecule has 38 heavy (non-hydrogen) atoms. The van der Waals surface area contributed by atoms with E-state index in [1.54, 1.807) is 13.0 Å². The third-order valence-electron chi connectivity index (χ3n) is 6.18. The first-order chi connectivity index (χ1) is 17.7. The number of nitrogens with two attached hydrogens (primary N) is 1. The number of fused-ring (bicyclic) bond motifs is 1. The maximum atomic E-state index is 13.9. The van der Waals surface area contributed by atoms with Crippen LogP contribution in [-0.4, -0.2) is 58.6 Å². The molecule has 0 saturated carbocycles. The van der Waals surface area contributed by atoms with Gasteiger partial charge in [0.15, 0.2) is 17.1 Å². The molecule has 13 heteroatoms. The second kappa shape index (κ2) is 9.86. The van der Waals surface area contributed by atoms with Gasteiger partial charge < -0.3 is 25.1 Å². The van der Waals surface area contributed by atoms with Crippen molar-refractivity contribution in [3.05, 3.63) is 41.4 Å². The van der Waals surface area contributed by atoms with E-state index in [1.165, 1.54) is 24.1 Å². The van der Waals surface area contributed by atoms with Crippen LogP contribution in [0.1, 0.15) is 55.2 Å². The number of amides is 2. The molecule has 2 amide bonds. The topological polar surface area (TPSA) is 124 Å². The van der Waals surface area contributed by atoms with Crippen molar-refractivity contribution in [2.75, 3.05) is 20.2 Å². The molecule has 1 aliphatic rings. The molecule has 1 fully saturated rings. The summed E-state index contributed by atoms with van der Waals surface area (Å²) in [7, 11) is 1.31. The van der Waals surface area contributed by atoms with Gasteiger partial charge in [0.25, 0.3) is 11.8 Å². The van der Waals surface area contributed by atoms with E-state index in [1.807, 2.05) is 0 Å². The van der Waals surface area contributed by atoms with E-state index in [0.29, 0.717) is 12.0 Å². The van der Waals surface area contributed by atoms with E-state index >= 15 is 0 Å². The zero-order valence-electron chi connectivity index (χ0n) is 21.1. The zero-order chi connectivity index (χ0) is 28.0. The van der Waals surface area contributed by atoms with Crippen LogP contribution in [0.4, 0.5) is 17.6 Å². The second-order valence-corrected chi connectivity index (χ2v) is 9.61. The van der Waals surface area contributed by atoms with E-state index in [0.717, 1.165) is 19.9 Å². The van der Waals surface area contributed by atoms with Crippen molar-refractivity contribution in [3.63, 3.8) is 0 Å². The van der Waals surface area contributed by atoms with Gasteiger partial charge in [-0.1, -0.05) is 0 Å². The van der Waals surface area contributed by atoms with Crippen LogP contribution in [0.25, 0.3) is 22.4 Å². The van der Waals surface area contributed by atoms with Gasteiger partial charge in [0.1, 0.15) is 17.0 Å². The molecule has 1 saturated heterocycles. The lowest BCUT2D eigenvalue weighted by molar-refractivity contribution is -0.141. The Morgan fingerprint density at radius 3 is 2.50 bits per heavy atom. The summed E-state index contributed by atoms with van der Waals surface area (Å²) in [4.78, 5) is 34.9. The summed E-state index contributed by atoms with van der Waals surface area (Å²) in [6.45, 7) is 4.31. The molecule has 4 rings (SSSR count). The highest BCUT2D eigenvalue weighted by atomic mass is 19.4. The molecule has 0 aliphatic carbocycles. The molecule has 0 spiro atoms. The first-order valence-corrected chi connectivity index (χ1v) is 11.8. The third-order valence-corrected chi connectivity index (χ3v) is 6.18. The molecule has 3 aromatic rings. The van der Waals surface area contributed by atoms with Crippen LogP contribution in [0.2, 0.25) is 0 Å². The van der Waals surface area contributed by atoms with E-state index in [-0.39, 0.29) is 47.1 Å². The maximum Gasteiger partial charge on any atom is 0.433 e. The number of oxazole rings is 1. The molecule has 0 unspecified atom stereocenters. The Hall–Kier alpha value is -3.74. The predicted octanol–water partition coefficient (Wildman–Crippen LogP) is 4.02. The fourth-order valence-corrected chi connectivity index (χ4v) is 4.18. The van der Waals surface area contributed by atoms with Gasteiger partial charge in [-0.15, -0.1) is 0 Å². The Labute approximate surface area is 215 Å². The van der Waals surface area contributed by atoms with Gasteiger partial charge in [0, 0.05) is 30.1 Å². The van der Waals surface area contributed by atoms with Gasteiger partial charge in [-0.2, -0.15) is 13.2 Å². The number of hydrogen-bond acceptors (Lipinski definition) is 7. The largest absolute Gasteiger partial charge is 0.494 e. The summed E-state index contributed by atoms with van der Waals surface area (Å²) in [5.41, 5.74) is 3.08. The summed E-state index contributed by atoms with van der Waals surface area (Å²) in [5, 5.41) is 2.86. The highest BCUT2D eigenvalue weighted by Crippen LogP contribution is 2.37. The number of pyridine rings is 1. The second-order valence-electron chi connectivity index (χ2n) is 9.61. The number of rotatable bonds is 6. The SMILES string of the molecule is COc1ccc(-c2nc(C(=O)N3CC[C@@H](NC(=O)C(C)(C)F)C3)c([C@H](C)N)o2)c2ccc(C(F)(F)F)nc12.